The second kappa shape index (κ2) is 14.8. The molecule has 0 saturated carbocycles. The molecule has 0 aromatic rings. The zero-order valence-corrected chi connectivity index (χ0v) is 17.2. The molecule has 0 radical (unpaired) electrons. The third-order valence-electron chi connectivity index (χ3n) is 5.49. The van der Waals surface area contributed by atoms with E-state index in [2.05, 4.69) is 34.6 Å². The van der Waals surface area contributed by atoms with Crippen LogP contribution in [-0.4, -0.2) is 11.1 Å². The first-order valence-electron chi connectivity index (χ1n) is 10.6. The highest BCUT2D eigenvalue weighted by Gasteiger charge is 2.10. The Balaban J connectivity index is 3.55. The molecule has 2 nitrogen and oxygen atoms in total. The van der Waals surface area contributed by atoms with Gasteiger partial charge in [-0.15, -0.1) is 0 Å². The van der Waals surface area contributed by atoms with E-state index in [4.69, 9.17) is 5.11 Å². The van der Waals surface area contributed by atoms with Crippen molar-refractivity contribution in [2.24, 2.45) is 23.7 Å². The van der Waals surface area contributed by atoms with Gasteiger partial charge in [-0.3, -0.25) is 4.79 Å². The second-order valence-corrected chi connectivity index (χ2v) is 8.60. The molecule has 0 bridgehead atoms. The Kier molecular flexibility index (Phi) is 14.5. The third-order valence-corrected chi connectivity index (χ3v) is 5.49. The van der Waals surface area contributed by atoms with Crippen LogP contribution in [0.3, 0.4) is 0 Å². The molecular formula is C22H44O2. The SMILES string of the molecule is CCCC(C)CCCC(C)CCCC(C)CCCC(C)CC(=O)O. The van der Waals surface area contributed by atoms with Gasteiger partial charge in [0.25, 0.3) is 0 Å². The molecule has 24 heavy (non-hydrogen) atoms. The van der Waals surface area contributed by atoms with E-state index < -0.39 is 5.97 Å². The Bertz CT molecular complexity index is 300. The quantitative estimate of drug-likeness (QED) is 0.319. The minimum absolute atomic E-state index is 0.322. The normalized spacial score (nSPS) is 16.5. The van der Waals surface area contributed by atoms with Gasteiger partial charge in [-0.1, -0.05) is 105 Å². The maximum Gasteiger partial charge on any atom is 0.303 e. The number of carboxylic acid groups (broad SMARTS) is 1. The summed E-state index contributed by atoms with van der Waals surface area (Å²) in [5.41, 5.74) is 0. The molecule has 0 aromatic carbocycles. The fourth-order valence-corrected chi connectivity index (χ4v) is 3.77. The van der Waals surface area contributed by atoms with E-state index in [0.717, 1.165) is 24.2 Å². The average molecular weight is 341 g/mol. The predicted molar refractivity (Wildman–Crippen MR) is 105 cm³/mol. The summed E-state index contributed by atoms with van der Waals surface area (Å²) in [6.07, 6.45) is 14.8. The maximum absolute atomic E-state index is 10.7. The molecule has 0 rings (SSSR count). The summed E-state index contributed by atoms with van der Waals surface area (Å²) >= 11 is 0. The van der Waals surface area contributed by atoms with Crippen molar-refractivity contribution < 1.29 is 9.90 Å². The smallest absolute Gasteiger partial charge is 0.303 e. The summed E-state index contributed by atoms with van der Waals surface area (Å²) in [5.74, 6) is 2.24. The number of hydrogen-bond donors (Lipinski definition) is 1. The van der Waals surface area contributed by atoms with Crippen LogP contribution in [0.2, 0.25) is 0 Å². The number of carboxylic acids is 1. The minimum Gasteiger partial charge on any atom is -0.481 e. The topological polar surface area (TPSA) is 37.3 Å². The average Bonchev–Trinajstić information content (AvgIpc) is 2.46. The predicted octanol–water partition coefficient (Wildman–Crippen LogP) is 7.32. The summed E-state index contributed by atoms with van der Waals surface area (Å²) in [7, 11) is 0. The van der Waals surface area contributed by atoms with Gasteiger partial charge >= 0.3 is 5.97 Å². The van der Waals surface area contributed by atoms with Crippen molar-refractivity contribution in [3.63, 3.8) is 0 Å². The lowest BCUT2D eigenvalue weighted by atomic mass is 9.90. The van der Waals surface area contributed by atoms with Crippen LogP contribution in [0.1, 0.15) is 112 Å². The van der Waals surface area contributed by atoms with Gasteiger partial charge in [-0.05, 0) is 23.7 Å². The highest BCUT2D eigenvalue weighted by Crippen LogP contribution is 2.23. The molecule has 0 spiro atoms. The summed E-state index contributed by atoms with van der Waals surface area (Å²) < 4.78 is 0. The number of hydrogen-bond acceptors (Lipinski definition) is 1. The number of aliphatic carboxylic acids is 1. The van der Waals surface area contributed by atoms with Gasteiger partial charge in [0.05, 0.1) is 0 Å². The maximum atomic E-state index is 10.7. The van der Waals surface area contributed by atoms with E-state index >= 15 is 0 Å². The van der Waals surface area contributed by atoms with Crippen LogP contribution in [0, 0.1) is 23.7 Å². The number of rotatable bonds is 16. The lowest BCUT2D eigenvalue weighted by Crippen LogP contribution is -2.05. The Morgan fingerprint density at radius 3 is 1.33 bits per heavy atom. The molecule has 0 aliphatic heterocycles. The van der Waals surface area contributed by atoms with Crippen LogP contribution < -0.4 is 0 Å². The molecule has 0 amide bonds. The van der Waals surface area contributed by atoms with Crippen molar-refractivity contribution in [1.29, 1.82) is 0 Å². The molecule has 0 fully saturated rings. The highest BCUT2D eigenvalue weighted by molar-refractivity contribution is 5.66. The van der Waals surface area contributed by atoms with Gasteiger partial charge in [0, 0.05) is 6.42 Å². The van der Waals surface area contributed by atoms with Crippen molar-refractivity contribution in [3.8, 4) is 0 Å². The van der Waals surface area contributed by atoms with Gasteiger partial charge in [-0.25, -0.2) is 0 Å². The molecular weight excluding hydrogens is 296 g/mol. The highest BCUT2D eigenvalue weighted by atomic mass is 16.4. The van der Waals surface area contributed by atoms with Crippen molar-refractivity contribution in [3.05, 3.63) is 0 Å². The van der Waals surface area contributed by atoms with Crippen LogP contribution >= 0.6 is 0 Å². The van der Waals surface area contributed by atoms with E-state index in [9.17, 15) is 4.79 Å². The lowest BCUT2D eigenvalue weighted by Gasteiger charge is -2.16. The van der Waals surface area contributed by atoms with E-state index in [1.165, 1.54) is 64.2 Å². The molecule has 0 aliphatic rings. The molecule has 0 aliphatic carbocycles. The molecule has 1 N–H and O–H groups in total. The Morgan fingerprint density at radius 2 is 1.00 bits per heavy atom. The van der Waals surface area contributed by atoms with E-state index in [1.54, 1.807) is 0 Å². The zero-order chi connectivity index (χ0) is 18.4. The molecule has 144 valence electrons. The fraction of sp³-hybridized carbons (Fsp3) is 0.955. The van der Waals surface area contributed by atoms with E-state index in [0.29, 0.717) is 12.3 Å². The monoisotopic (exact) mass is 340 g/mol. The van der Waals surface area contributed by atoms with Crippen LogP contribution in [0.4, 0.5) is 0 Å². The molecule has 4 atom stereocenters. The van der Waals surface area contributed by atoms with Gasteiger partial charge in [0.1, 0.15) is 0 Å². The molecule has 0 heterocycles. The third kappa shape index (κ3) is 15.0. The van der Waals surface area contributed by atoms with Crippen LogP contribution in [0.15, 0.2) is 0 Å². The van der Waals surface area contributed by atoms with Gasteiger partial charge < -0.3 is 5.11 Å². The van der Waals surface area contributed by atoms with Gasteiger partial charge in [0.2, 0.25) is 0 Å². The molecule has 0 aromatic heterocycles. The van der Waals surface area contributed by atoms with Crippen molar-refractivity contribution >= 4 is 5.97 Å². The molecule has 4 unspecified atom stereocenters. The number of carbonyl (C=O) groups is 1. The zero-order valence-electron chi connectivity index (χ0n) is 17.2. The van der Waals surface area contributed by atoms with E-state index in [-0.39, 0.29) is 0 Å². The summed E-state index contributed by atoms with van der Waals surface area (Å²) in [6, 6.07) is 0. The van der Waals surface area contributed by atoms with Crippen LogP contribution in [0.25, 0.3) is 0 Å². The molecule has 0 saturated heterocycles. The molecule has 2 heteroatoms. The van der Waals surface area contributed by atoms with Gasteiger partial charge in [-0.2, -0.15) is 0 Å². The fourth-order valence-electron chi connectivity index (χ4n) is 3.77. The lowest BCUT2D eigenvalue weighted by molar-refractivity contribution is -0.138. The summed E-state index contributed by atoms with van der Waals surface area (Å²) in [5, 5.41) is 8.78. The first-order chi connectivity index (χ1) is 11.3. The first kappa shape index (κ1) is 23.5. The van der Waals surface area contributed by atoms with Crippen molar-refractivity contribution in [1.82, 2.24) is 0 Å². The summed E-state index contributed by atoms with van der Waals surface area (Å²) in [4.78, 5) is 10.7. The minimum atomic E-state index is -0.659. The van der Waals surface area contributed by atoms with Crippen molar-refractivity contribution in [2.75, 3.05) is 0 Å². The first-order valence-corrected chi connectivity index (χ1v) is 10.6. The summed E-state index contributed by atoms with van der Waals surface area (Å²) in [6.45, 7) is 11.5. The van der Waals surface area contributed by atoms with Crippen LogP contribution in [0.5, 0.6) is 0 Å². The van der Waals surface area contributed by atoms with Crippen LogP contribution in [-0.2, 0) is 4.79 Å². The Morgan fingerprint density at radius 1 is 0.667 bits per heavy atom. The largest absolute Gasteiger partial charge is 0.481 e. The second-order valence-electron chi connectivity index (χ2n) is 8.60. The van der Waals surface area contributed by atoms with Gasteiger partial charge in [0.15, 0.2) is 0 Å². The van der Waals surface area contributed by atoms with Crippen molar-refractivity contribution in [2.45, 2.75) is 112 Å². The Hall–Kier alpha value is -0.530. The van der Waals surface area contributed by atoms with E-state index in [1.807, 2.05) is 0 Å². The Labute approximate surface area is 151 Å². The standard InChI is InChI=1S/C22H44O2/c1-6-10-18(2)11-7-12-19(3)13-8-14-20(4)15-9-16-21(5)17-22(23)24/h18-21H,6-17H2,1-5H3,(H,23,24).